The number of benzene rings is 1. The van der Waals surface area contributed by atoms with Crippen LogP contribution in [0.4, 0.5) is 0 Å². The standard InChI is InChI=1S/C17H17N3O4/c1-3-8-20-16(21)14-7-5-4-6-13(14)15(18-20)17(22)23-10-12-9-11(2)19-24-12/h4-7,9H,3,8,10H2,1-2H3. The highest BCUT2D eigenvalue weighted by Crippen LogP contribution is 2.15. The van der Waals surface area contributed by atoms with Gasteiger partial charge in [0, 0.05) is 18.0 Å². The lowest BCUT2D eigenvalue weighted by molar-refractivity contribution is 0.0430. The number of nitrogens with zero attached hydrogens (tertiary/aromatic N) is 3. The van der Waals surface area contributed by atoms with Crippen LogP contribution in [0.2, 0.25) is 0 Å². The van der Waals surface area contributed by atoms with Gasteiger partial charge in [-0.15, -0.1) is 0 Å². The maximum absolute atomic E-state index is 12.4. The lowest BCUT2D eigenvalue weighted by Gasteiger charge is -2.09. The average Bonchev–Trinajstić information content (AvgIpc) is 3.01. The quantitative estimate of drug-likeness (QED) is 0.669. The molecule has 1 aromatic carbocycles. The summed E-state index contributed by atoms with van der Waals surface area (Å²) >= 11 is 0. The molecule has 0 aliphatic heterocycles. The Morgan fingerprint density at radius 1 is 1.29 bits per heavy atom. The van der Waals surface area contributed by atoms with Crippen molar-refractivity contribution in [2.24, 2.45) is 0 Å². The van der Waals surface area contributed by atoms with Crippen LogP contribution in [0.25, 0.3) is 10.8 Å². The molecular formula is C17H17N3O4. The summed E-state index contributed by atoms with van der Waals surface area (Å²) < 4.78 is 11.6. The van der Waals surface area contributed by atoms with Gasteiger partial charge in [0.25, 0.3) is 5.56 Å². The molecule has 7 heteroatoms. The van der Waals surface area contributed by atoms with Gasteiger partial charge in [0.2, 0.25) is 0 Å². The van der Waals surface area contributed by atoms with Crippen molar-refractivity contribution in [2.75, 3.05) is 0 Å². The zero-order valence-corrected chi connectivity index (χ0v) is 13.5. The van der Waals surface area contributed by atoms with Crippen molar-refractivity contribution in [1.29, 1.82) is 0 Å². The predicted octanol–water partition coefficient (Wildman–Crippen LogP) is 2.46. The van der Waals surface area contributed by atoms with Crippen molar-refractivity contribution >= 4 is 16.7 Å². The Bertz CT molecular complexity index is 942. The van der Waals surface area contributed by atoms with Crippen LogP contribution in [0.1, 0.15) is 35.3 Å². The van der Waals surface area contributed by atoms with Crippen molar-refractivity contribution in [3.63, 3.8) is 0 Å². The SMILES string of the molecule is CCCn1nc(C(=O)OCc2cc(C)no2)c2ccccc2c1=O. The molecule has 3 rings (SSSR count). The number of esters is 1. The molecule has 0 radical (unpaired) electrons. The van der Waals surface area contributed by atoms with Crippen LogP contribution in [0, 0.1) is 6.92 Å². The van der Waals surface area contributed by atoms with Gasteiger partial charge in [-0.3, -0.25) is 4.79 Å². The van der Waals surface area contributed by atoms with Crippen LogP contribution >= 0.6 is 0 Å². The Morgan fingerprint density at radius 3 is 2.71 bits per heavy atom. The third-order valence-corrected chi connectivity index (χ3v) is 3.52. The summed E-state index contributed by atoms with van der Waals surface area (Å²) in [6, 6.07) is 8.57. The van der Waals surface area contributed by atoms with Crippen LogP contribution in [0.3, 0.4) is 0 Å². The molecule has 0 N–H and O–H groups in total. The summed E-state index contributed by atoms with van der Waals surface area (Å²) in [5, 5.41) is 8.86. The number of hydrogen-bond donors (Lipinski definition) is 0. The fraction of sp³-hybridized carbons (Fsp3) is 0.294. The Balaban J connectivity index is 1.96. The molecular weight excluding hydrogens is 310 g/mol. The van der Waals surface area contributed by atoms with Gasteiger partial charge in [0.1, 0.15) is 0 Å². The first kappa shape index (κ1) is 15.9. The number of fused-ring (bicyclic) bond motifs is 1. The van der Waals surface area contributed by atoms with E-state index in [-0.39, 0.29) is 17.9 Å². The first-order valence-electron chi connectivity index (χ1n) is 7.69. The monoisotopic (exact) mass is 327 g/mol. The van der Waals surface area contributed by atoms with Crippen LogP contribution in [-0.4, -0.2) is 20.9 Å². The summed E-state index contributed by atoms with van der Waals surface area (Å²) in [6.07, 6.45) is 0.733. The third-order valence-electron chi connectivity index (χ3n) is 3.52. The van der Waals surface area contributed by atoms with E-state index in [2.05, 4.69) is 10.3 Å². The molecule has 0 aliphatic rings. The van der Waals surface area contributed by atoms with Crippen molar-refractivity contribution in [3.8, 4) is 0 Å². The van der Waals surface area contributed by atoms with Crippen molar-refractivity contribution in [1.82, 2.24) is 14.9 Å². The third kappa shape index (κ3) is 3.05. The highest BCUT2D eigenvalue weighted by atomic mass is 16.5. The Kier molecular flexibility index (Phi) is 4.41. The molecule has 7 nitrogen and oxygen atoms in total. The maximum atomic E-state index is 12.4. The fourth-order valence-corrected chi connectivity index (χ4v) is 2.44. The van der Waals surface area contributed by atoms with Crippen LogP contribution in [0.5, 0.6) is 0 Å². The normalized spacial score (nSPS) is 10.9. The summed E-state index contributed by atoms with van der Waals surface area (Å²) in [6.45, 7) is 4.12. The van der Waals surface area contributed by atoms with Gasteiger partial charge in [-0.1, -0.05) is 30.3 Å². The molecule has 24 heavy (non-hydrogen) atoms. The van der Waals surface area contributed by atoms with Crippen LogP contribution < -0.4 is 5.56 Å². The largest absolute Gasteiger partial charge is 0.453 e. The summed E-state index contributed by atoms with van der Waals surface area (Å²) in [7, 11) is 0. The van der Waals surface area contributed by atoms with E-state index >= 15 is 0 Å². The molecule has 0 saturated heterocycles. The summed E-state index contributed by atoms with van der Waals surface area (Å²) in [4.78, 5) is 24.8. The van der Waals surface area contributed by atoms with Gasteiger partial charge in [-0.05, 0) is 19.4 Å². The number of ether oxygens (including phenoxy) is 1. The second-order valence-electron chi connectivity index (χ2n) is 5.43. The maximum Gasteiger partial charge on any atom is 0.359 e. The van der Waals surface area contributed by atoms with Gasteiger partial charge in [-0.25, -0.2) is 9.48 Å². The van der Waals surface area contributed by atoms with E-state index in [1.807, 2.05) is 6.92 Å². The van der Waals surface area contributed by atoms with Gasteiger partial charge in [0.15, 0.2) is 18.1 Å². The number of carbonyl (C=O) groups is 1. The summed E-state index contributed by atoms with van der Waals surface area (Å²) in [5.74, 6) is -0.155. The van der Waals surface area contributed by atoms with Gasteiger partial charge < -0.3 is 9.26 Å². The average molecular weight is 327 g/mol. The molecule has 0 amide bonds. The van der Waals surface area contributed by atoms with E-state index < -0.39 is 5.97 Å². The van der Waals surface area contributed by atoms with Gasteiger partial charge >= 0.3 is 5.97 Å². The minimum absolute atomic E-state index is 0.0391. The number of rotatable bonds is 5. The van der Waals surface area contributed by atoms with Crippen LogP contribution in [-0.2, 0) is 17.9 Å². The minimum atomic E-state index is -0.606. The molecule has 0 spiro atoms. The highest BCUT2D eigenvalue weighted by molar-refractivity contribution is 6.02. The van der Waals surface area contributed by atoms with Crippen LogP contribution in [0.15, 0.2) is 39.6 Å². The molecule has 0 fully saturated rings. The number of aryl methyl sites for hydroxylation is 2. The van der Waals surface area contributed by atoms with Gasteiger partial charge in [-0.2, -0.15) is 5.10 Å². The molecule has 0 aliphatic carbocycles. The fourth-order valence-electron chi connectivity index (χ4n) is 2.44. The second-order valence-corrected chi connectivity index (χ2v) is 5.43. The molecule has 0 saturated carbocycles. The lowest BCUT2D eigenvalue weighted by atomic mass is 10.1. The molecule has 0 atom stereocenters. The molecule has 3 aromatic rings. The molecule has 2 heterocycles. The Hall–Kier alpha value is -2.96. The Labute approximate surface area is 137 Å². The van der Waals surface area contributed by atoms with Crippen molar-refractivity contribution in [2.45, 2.75) is 33.4 Å². The molecule has 124 valence electrons. The zero-order chi connectivity index (χ0) is 17.1. The van der Waals surface area contributed by atoms with E-state index in [1.54, 1.807) is 37.3 Å². The van der Waals surface area contributed by atoms with E-state index in [0.717, 1.165) is 6.42 Å². The molecule has 0 unspecified atom stereocenters. The van der Waals surface area contributed by atoms with E-state index in [0.29, 0.717) is 28.8 Å². The first-order valence-corrected chi connectivity index (χ1v) is 7.69. The van der Waals surface area contributed by atoms with Gasteiger partial charge in [0.05, 0.1) is 11.1 Å². The van der Waals surface area contributed by atoms with Crippen molar-refractivity contribution < 1.29 is 14.1 Å². The second kappa shape index (κ2) is 6.66. The smallest absolute Gasteiger partial charge is 0.359 e. The minimum Gasteiger partial charge on any atom is -0.453 e. The number of hydrogen-bond acceptors (Lipinski definition) is 6. The van der Waals surface area contributed by atoms with E-state index in [9.17, 15) is 9.59 Å². The zero-order valence-electron chi connectivity index (χ0n) is 13.5. The molecule has 0 bridgehead atoms. The molecule has 2 aromatic heterocycles. The predicted molar refractivity (Wildman–Crippen MR) is 86.7 cm³/mol. The topological polar surface area (TPSA) is 87.2 Å². The number of carbonyl (C=O) groups excluding carboxylic acids is 1. The lowest BCUT2D eigenvalue weighted by Crippen LogP contribution is -2.26. The van der Waals surface area contributed by atoms with Crippen molar-refractivity contribution in [3.05, 3.63) is 57.8 Å². The van der Waals surface area contributed by atoms with E-state index in [1.165, 1.54) is 4.68 Å². The number of aromatic nitrogens is 3. The Morgan fingerprint density at radius 2 is 2.04 bits per heavy atom. The van der Waals surface area contributed by atoms with E-state index in [4.69, 9.17) is 9.26 Å². The summed E-state index contributed by atoms with van der Waals surface area (Å²) in [5.41, 5.74) is 0.617. The highest BCUT2D eigenvalue weighted by Gasteiger charge is 2.18. The first-order chi connectivity index (χ1) is 11.6.